The molecule has 1 amide bonds. The van der Waals surface area contributed by atoms with Gasteiger partial charge in [0.25, 0.3) is 0 Å². The van der Waals surface area contributed by atoms with Crippen LogP contribution in [0.2, 0.25) is 0 Å². The maximum atomic E-state index is 13.2. The molecule has 3 aromatic carbocycles. The zero-order chi connectivity index (χ0) is 35.5. The van der Waals surface area contributed by atoms with Gasteiger partial charge in [-0.05, 0) is 76.0 Å². The molecule has 0 unspecified atom stereocenters. The molecule has 0 spiro atoms. The van der Waals surface area contributed by atoms with Gasteiger partial charge >= 0.3 is 12.1 Å². The molecule has 2 aromatic heterocycles. The van der Waals surface area contributed by atoms with Crippen molar-refractivity contribution in [2.45, 2.75) is 77.8 Å². The van der Waals surface area contributed by atoms with Crippen molar-refractivity contribution in [3.05, 3.63) is 82.8 Å². The fraction of sp³-hybridized carbons (Fsp3) is 0.410. The van der Waals surface area contributed by atoms with E-state index in [2.05, 4.69) is 60.1 Å². The normalized spacial score (nSPS) is 11.8. The third-order valence-electron chi connectivity index (χ3n) is 8.85. The summed E-state index contributed by atoms with van der Waals surface area (Å²) in [4.78, 5) is 27.5. The van der Waals surface area contributed by atoms with Crippen LogP contribution in [-0.4, -0.2) is 62.2 Å². The Balaban J connectivity index is 1.56. The summed E-state index contributed by atoms with van der Waals surface area (Å²) < 4.78 is 15.7. The fourth-order valence-electron chi connectivity index (χ4n) is 6.71. The highest BCUT2D eigenvalue weighted by Crippen LogP contribution is 2.41. The number of carbonyl (C=O) groups excluding carboxylic acids is 1. The lowest BCUT2D eigenvalue weighted by Gasteiger charge is -2.24. The van der Waals surface area contributed by atoms with Crippen molar-refractivity contribution in [3.8, 4) is 16.9 Å². The summed E-state index contributed by atoms with van der Waals surface area (Å²) in [5.41, 5.74) is 6.42. The standard InChI is InChI=1S/C39H47BrN4O5/c1-8-31-34(30(24-40)41-43(31)7)33-25(2)19-20-29-28(17-12-23-48-32-18-11-15-26-14-9-10-16-27(26)32)36(37(45)46)44(35(29)33)22-13-21-42(6)38(47)49-39(3,4)5/h9-11,14-16,18-20H,8,12-13,17,21-24H2,1-7H3,(H,45,46). The Morgan fingerprint density at radius 3 is 2.43 bits per heavy atom. The van der Waals surface area contributed by atoms with Crippen LogP contribution in [0.25, 0.3) is 32.8 Å². The van der Waals surface area contributed by atoms with Crippen molar-refractivity contribution in [2.24, 2.45) is 7.05 Å². The van der Waals surface area contributed by atoms with Crippen LogP contribution in [0, 0.1) is 6.92 Å². The lowest BCUT2D eigenvalue weighted by atomic mass is 9.93. The van der Waals surface area contributed by atoms with Crippen LogP contribution in [-0.2, 0) is 36.5 Å². The number of hydrogen-bond donors (Lipinski definition) is 1. The van der Waals surface area contributed by atoms with Crippen molar-refractivity contribution in [1.82, 2.24) is 19.2 Å². The van der Waals surface area contributed by atoms with E-state index in [0.717, 1.165) is 67.5 Å². The highest BCUT2D eigenvalue weighted by Gasteiger charge is 2.28. The van der Waals surface area contributed by atoms with Crippen LogP contribution < -0.4 is 4.74 Å². The lowest BCUT2D eigenvalue weighted by Crippen LogP contribution is -2.35. The Bertz CT molecular complexity index is 1980. The van der Waals surface area contributed by atoms with Crippen molar-refractivity contribution in [2.75, 3.05) is 20.2 Å². The van der Waals surface area contributed by atoms with Crippen LogP contribution in [0.4, 0.5) is 4.79 Å². The molecular weight excluding hydrogens is 684 g/mol. The highest BCUT2D eigenvalue weighted by atomic mass is 79.9. The molecule has 10 heteroatoms. The zero-order valence-electron chi connectivity index (χ0n) is 29.6. The van der Waals surface area contributed by atoms with Crippen LogP contribution >= 0.6 is 15.9 Å². The van der Waals surface area contributed by atoms with Gasteiger partial charge in [0.05, 0.1) is 17.8 Å². The third kappa shape index (κ3) is 7.64. The minimum atomic E-state index is -0.979. The van der Waals surface area contributed by atoms with E-state index >= 15 is 0 Å². The van der Waals surface area contributed by atoms with Gasteiger partial charge in [0.2, 0.25) is 0 Å². The van der Waals surface area contributed by atoms with Crippen molar-refractivity contribution >= 4 is 49.7 Å². The maximum absolute atomic E-state index is 13.2. The zero-order valence-corrected chi connectivity index (χ0v) is 31.2. The smallest absolute Gasteiger partial charge is 0.410 e. The van der Waals surface area contributed by atoms with Gasteiger partial charge in [0.15, 0.2) is 0 Å². The van der Waals surface area contributed by atoms with Gasteiger partial charge in [0, 0.05) is 60.1 Å². The third-order valence-corrected chi connectivity index (χ3v) is 9.38. The average Bonchev–Trinajstić information content (AvgIpc) is 3.55. The number of aryl methyl sites for hydroxylation is 4. The first-order valence-corrected chi connectivity index (χ1v) is 18.0. The monoisotopic (exact) mass is 730 g/mol. The van der Waals surface area contributed by atoms with Crippen LogP contribution in [0.15, 0.2) is 54.6 Å². The number of fused-ring (bicyclic) bond motifs is 2. The van der Waals surface area contributed by atoms with Crippen molar-refractivity contribution < 1.29 is 24.2 Å². The Labute approximate surface area is 296 Å². The summed E-state index contributed by atoms with van der Waals surface area (Å²) in [5, 5.41) is 19.3. The molecule has 0 fully saturated rings. The van der Waals surface area contributed by atoms with Crippen molar-refractivity contribution in [1.29, 1.82) is 0 Å². The first-order chi connectivity index (χ1) is 23.4. The van der Waals surface area contributed by atoms with E-state index in [1.54, 1.807) is 11.9 Å². The number of carbonyl (C=O) groups is 2. The van der Waals surface area contributed by atoms with E-state index in [0.29, 0.717) is 44.3 Å². The number of benzene rings is 3. The first-order valence-electron chi connectivity index (χ1n) is 16.9. The minimum absolute atomic E-state index is 0.272. The van der Waals surface area contributed by atoms with Gasteiger partial charge < -0.3 is 24.0 Å². The van der Waals surface area contributed by atoms with Gasteiger partial charge in [0.1, 0.15) is 17.0 Å². The van der Waals surface area contributed by atoms with Crippen molar-refractivity contribution in [3.63, 3.8) is 0 Å². The van der Waals surface area contributed by atoms with Gasteiger partial charge in [-0.1, -0.05) is 71.4 Å². The Morgan fingerprint density at radius 1 is 1.00 bits per heavy atom. The van der Waals surface area contributed by atoms with Crippen LogP contribution in [0.3, 0.4) is 0 Å². The second kappa shape index (κ2) is 15.1. The molecule has 0 radical (unpaired) electrons. The predicted octanol–water partition coefficient (Wildman–Crippen LogP) is 8.93. The van der Waals surface area contributed by atoms with Gasteiger partial charge in [-0.3, -0.25) is 4.68 Å². The number of alkyl halides is 1. The number of ether oxygens (including phenoxy) is 2. The SMILES string of the molecule is CCc1c(-c2c(C)ccc3c(CCCOc4cccc5ccccc45)c(C(=O)O)n(CCCN(C)C(=O)OC(C)(C)C)c23)c(CBr)nn1C. The molecule has 9 nitrogen and oxygen atoms in total. The molecule has 0 saturated carbocycles. The molecule has 0 aliphatic heterocycles. The van der Waals surface area contributed by atoms with E-state index in [9.17, 15) is 14.7 Å². The van der Waals surface area contributed by atoms with Gasteiger partial charge in [-0.15, -0.1) is 0 Å². The molecule has 0 aliphatic rings. The summed E-state index contributed by atoms with van der Waals surface area (Å²) >= 11 is 3.66. The van der Waals surface area contributed by atoms with E-state index in [-0.39, 0.29) is 5.69 Å². The summed E-state index contributed by atoms with van der Waals surface area (Å²) in [6.45, 7) is 11.0. The van der Waals surface area contributed by atoms with E-state index < -0.39 is 17.7 Å². The molecule has 5 rings (SSSR count). The number of hydrogen-bond acceptors (Lipinski definition) is 5. The maximum Gasteiger partial charge on any atom is 0.410 e. The molecule has 0 atom stereocenters. The molecule has 5 aromatic rings. The van der Waals surface area contributed by atoms with E-state index in [4.69, 9.17) is 14.6 Å². The molecular formula is C39H47BrN4O5. The molecule has 0 bridgehead atoms. The molecule has 260 valence electrons. The second-order valence-electron chi connectivity index (χ2n) is 13.5. The lowest BCUT2D eigenvalue weighted by molar-refractivity contribution is 0.0294. The number of halogens is 1. The molecule has 0 aliphatic carbocycles. The highest BCUT2D eigenvalue weighted by molar-refractivity contribution is 9.08. The Kier molecular flexibility index (Phi) is 11.1. The largest absolute Gasteiger partial charge is 0.493 e. The number of amides is 1. The minimum Gasteiger partial charge on any atom is -0.493 e. The summed E-state index contributed by atoms with van der Waals surface area (Å²) in [6, 6.07) is 18.3. The number of rotatable bonds is 13. The summed E-state index contributed by atoms with van der Waals surface area (Å²) in [6.07, 6.45) is 2.06. The summed E-state index contributed by atoms with van der Waals surface area (Å²) in [7, 11) is 3.67. The summed E-state index contributed by atoms with van der Waals surface area (Å²) in [5.74, 6) is -0.162. The quantitative estimate of drug-likeness (QED) is 0.0960. The van der Waals surface area contributed by atoms with Crippen LogP contribution in [0.5, 0.6) is 5.75 Å². The second-order valence-corrected chi connectivity index (χ2v) is 14.1. The van der Waals surface area contributed by atoms with E-state index in [1.807, 2.05) is 61.3 Å². The Hall–Kier alpha value is -4.31. The molecule has 2 heterocycles. The topological polar surface area (TPSA) is 98.8 Å². The fourth-order valence-corrected chi connectivity index (χ4v) is 7.10. The van der Waals surface area contributed by atoms with Gasteiger partial charge in [-0.25, -0.2) is 9.59 Å². The molecule has 0 saturated heterocycles. The Morgan fingerprint density at radius 2 is 1.73 bits per heavy atom. The molecule has 49 heavy (non-hydrogen) atoms. The number of carboxylic acids is 1. The van der Waals surface area contributed by atoms with Crippen LogP contribution in [0.1, 0.15) is 73.5 Å². The number of aromatic carboxylic acids is 1. The van der Waals surface area contributed by atoms with Gasteiger partial charge in [-0.2, -0.15) is 5.10 Å². The number of carboxylic acid groups (broad SMARTS) is 1. The predicted molar refractivity (Wildman–Crippen MR) is 199 cm³/mol. The number of aromatic nitrogens is 3. The molecule has 1 N–H and O–H groups in total. The average molecular weight is 732 g/mol. The number of nitrogens with zero attached hydrogens (tertiary/aromatic N) is 4. The first kappa shape index (κ1) is 36.0. The van der Waals surface area contributed by atoms with E-state index in [1.165, 1.54) is 0 Å².